The van der Waals surface area contributed by atoms with Crippen molar-refractivity contribution in [3.05, 3.63) is 22.2 Å². The van der Waals surface area contributed by atoms with E-state index in [4.69, 9.17) is 19.4 Å². The van der Waals surface area contributed by atoms with Crippen LogP contribution in [0.5, 0.6) is 0 Å². The zero-order valence-corrected chi connectivity index (χ0v) is 26.6. The Bertz CT molecular complexity index is 1100. The van der Waals surface area contributed by atoms with Crippen molar-refractivity contribution in [1.82, 2.24) is 9.55 Å². The number of ether oxygens (including phenoxy) is 1. The molecule has 0 aromatic carbocycles. The molecule has 1 aliphatic rings. The van der Waals surface area contributed by atoms with E-state index in [0.29, 0.717) is 5.56 Å². The molecule has 1 fully saturated rings. The Morgan fingerprint density at radius 2 is 1.69 bits per heavy atom. The van der Waals surface area contributed by atoms with E-state index in [-0.39, 0.29) is 43.1 Å². The second-order valence-corrected chi connectivity index (χ2v) is 19.2. The maximum Gasteiger partial charge on any atom is 0.359 e. The maximum absolute atomic E-state index is 13.0. The number of hydrogen-bond donors (Lipinski definition) is 5. The summed E-state index contributed by atoms with van der Waals surface area (Å²) in [4.78, 5) is 27.2. The third-order valence-electron chi connectivity index (χ3n) is 8.52. The number of nitrogens with zero attached hydrogens (tertiary/aromatic N) is 2. The molecule has 2 heterocycles. The first-order valence-electron chi connectivity index (χ1n) is 13.5. The standard InChI is InChI=1S/C25H48N3O9PSi/c1-10-24(7,32)38(33,34)37-25(11-2,12-3)13-17-18(29)19(30)21(36-17)28-14-16(20(26)27-22(28)31)15-35-39(8,9)23(4,5)6/h14,17-19,21,29-30,32H,10-13,15H2,1-9H3,(H,33,34)(H2,26,27,31)/t17-,18-,19-,21-,24?/m1/s1. The Morgan fingerprint density at radius 3 is 2.18 bits per heavy atom. The van der Waals surface area contributed by atoms with Gasteiger partial charge in [0, 0.05) is 18.2 Å². The van der Waals surface area contributed by atoms with Crippen LogP contribution in [0.4, 0.5) is 5.82 Å². The number of anilines is 1. The fraction of sp³-hybridized carbons (Fsp3) is 0.840. The molecule has 0 aliphatic carbocycles. The van der Waals surface area contributed by atoms with E-state index in [1.807, 2.05) is 0 Å². The molecule has 0 spiro atoms. The number of hydrogen-bond acceptors (Lipinski definition) is 10. The highest BCUT2D eigenvalue weighted by Gasteiger charge is 2.51. The lowest BCUT2D eigenvalue weighted by atomic mass is 9.88. The van der Waals surface area contributed by atoms with E-state index in [9.17, 15) is 29.6 Å². The molecule has 0 amide bonds. The van der Waals surface area contributed by atoms with E-state index in [1.165, 1.54) is 13.1 Å². The van der Waals surface area contributed by atoms with Gasteiger partial charge in [-0.15, -0.1) is 0 Å². The molecule has 1 aromatic rings. The number of rotatable bonds is 12. The molecular formula is C25H48N3O9PSi. The summed E-state index contributed by atoms with van der Waals surface area (Å²) in [5.74, 6) is 0.00519. The van der Waals surface area contributed by atoms with Crippen molar-refractivity contribution in [2.75, 3.05) is 5.73 Å². The molecule has 14 heteroatoms. The molecule has 0 radical (unpaired) electrons. The predicted octanol–water partition coefficient (Wildman–Crippen LogP) is 3.24. The van der Waals surface area contributed by atoms with Crippen LogP contribution in [0.25, 0.3) is 0 Å². The van der Waals surface area contributed by atoms with Gasteiger partial charge in [-0.2, -0.15) is 4.98 Å². The van der Waals surface area contributed by atoms with Gasteiger partial charge in [0.05, 0.1) is 18.3 Å². The minimum atomic E-state index is -4.50. The van der Waals surface area contributed by atoms with E-state index in [0.717, 1.165) is 4.57 Å². The van der Waals surface area contributed by atoms with Crippen molar-refractivity contribution in [1.29, 1.82) is 0 Å². The van der Waals surface area contributed by atoms with Crippen LogP contribution < -0.4 is 11.4 Å². The monoisotopic (exact) mass is 593 g/mol. The zero-order chi connectivity index (χ0) is 30.2. The predicted molar refractivity (Wildman–Crippen MR) is 151 cm³/mol. The van der Waals surface area contributed by atoms with E-state index in [1.54, 1.807) is 20.8 Å². The normalized spacial score (nSPS) is 25.9. The molecule has 39 heavy (non-hydrogen) atoms. The molecule has 6 N–H and O–H groups in total. The van der Waals surface area contributed by atoms with Crippen LogP contribution in [0.3, 0.4) is 0 Å². The van der Waals surface area contributed by atoms with Crippen molar-refractivity contribution in [2.45, 2.75) is 134 Å². The van der Waals surface area contributed by atoms with Crippen LogP contribution in [0, 0.1) is 0 Å². The first-order chi connectivity index (χ1) is 17.7. The quantitative estimate of drug-likeness (QED) is 0.177. The van der Waals surface area contributed by atoms with E-state index < -0.39 is 57.1 Å². The Kier molecular flexibility index (Phi) is 10.5. The third-order valence-corrected chi connectivity index (χ3v) is 15.2. The van der Waals surface area contributed by atoms with Crippen molar-refractivity contribution < 1.29 is 38.5 Å². The Balaban J connectivity index is 2.35. The van der Waals surface area contributed by atoms with Crippen LogP contribution >= 0.6 is 7.60 Å². The molecule has 2 unspecified atom stereocenters. The minimum Gasteiger partial charge on any atom is -0.412 e. The number of aliphatic hydroxyl groups is 3. The Labute approximate surface area is 232 Å². The summed E-state index contributed by atoms with van der Waals surface area (Å²) < 4.78 is 31.9. The smallest absolute Gasteiger partial charge is 0.359 e. The van der Waals surface area contributed by atoms with Crippen LogP contribution in [0.15, 0.2) is 11.0 Å². The Hall–Kier alpha value is -1.15. The topological polar surface area (TPSA) is 187 Å². The highest BCUT2D eigenvalue weighted by molar-refractivity contribution is 7.54. The number of aliphatic hydroxyl groups excluding tert-OH is 2. The number of nitrogen functional groups attached to an aromatic ring is 1. The van der Waals surface area contributed by atoms with Crippen LogP contribution in [-0.2, 0) is 24.9 Å². The lowest BCUT2D eigenvalue weighted by molar-refractivity contribution is -0.0775. The van der Waals surface area contributed by atoms with Gasteiger partial charge in [0.15, 0.2) is 19.9 Å². The molecule has 1 saturated heterocycles. The summed E-state index contributed by atoms with van der Waals surface area (Å²) in [6.07, 6.45) is -3.41. The molecule has 1 aromatic heterocycles. The first kappa shape index (κ1) is 34.1. The van der Waals surface area contributed by atoms with E-state index >= 15 is 0 Å². The highest BCUT2D eigenvalue weighted by atomic mass is 31.2. The summed E-state index contributed by atoms with van der Waals surface area (Å²) in [6.45, 7) is 16.9. The average molecular weight is 594 g/mol. The van der Waals surface area contributed by atoms with Gasteiger partial charge in [-0.05, 0) is 44.3 Å². The summed E-state index contributed by atoms with van der Waals surface area (Å²) >= 11 is 0. The average Bonchev–Trinajstić information content (AvgIpc) is 3.10. The maximum atomic E-state index is 13.0. The lowest BCUT2D eigenvalue weighted by Gasteiger charge is -2.39. The Morgan fingerprint density at radius 1 is 1.13 bits per heavy atom. The highest BCUT2D eigenvalue weighted by Crippen LogP contribution is 2.59. The van der Waals surface area contributed by atoms with E-state index in [2.05, 4.69) is 38.8 Å². The molecule has 12 nitrogen and oxygen atoms in total. The molecule has 0 bridgehead atoms. The van der Waals surface area contributed by atoms with Crippen LogP contribution in [0.2, 0.25) is 18.1 Å². The molecule has 226 valence electrons. The van der Waals surface area contributed by atoms with Crippen LogP contribution in [0.1, 0.15) is 85.9 Å². The first-order valence-corrected chi connectivity index (χ1v) is 17.9. The van der Waals surface area contributed by atoms with Crippen LogP contribution in [-0.4, -0.2) is 67.3 Å². The van der Waals surface area contributed by atoms with Crippen molar-refractivity contribution >= 4 is 21.7 Å². The second-order valence-electron chi connectivity index (χ2n) is 12.2. The summed E-state index contributed by atoms with van der Waals surface area (Å²) in [6, 6.07) is 0. The largest absolute Gasteiger partial charge is 0.412 e. The van der Waals surface area contributed by atoms with Crippen molar-refractivity contribution in [3.8, 4) is 0 Å². The third kappa shape index (κ3) is 7.20. The summed E-state index contributed by atoms with van der Waals surface area (Å²) in [7, 11) is -6.65. The molecular weight excluding hydrogens is 545 g/mol. The van der Waals surface area contributed by atoms with Gasteiger partial charge in [-0.25, -0.2) is 4.79 Å². The number of nitrogens with two attached hydrogens (primary N) is 1. The van der Waals surface area contributed by atoms with Crippen molar-refractivity contribution in [2.24, 2.45) is 0 Å². The summed E-state index contributed by atoms with van der Waals surface area (Å²) in [5, 5.41) is 30.2. The van der Waals surface area contributed by atoms with Gasteiger partial charge < -0.3 is 35.1 Å². The molecule has 0 saturated carbocycles. The second kappa shape index (κ2) is 12.0. The van der Waals surface area contributed by atoms with Gasteiger partial charge >= 0.3 is 13.3 Å². The molecule has 1 aliphatic heterocycles. The number of aromatic nitrogens is 2. The van der Waals surface area contributed by atoms with Crippen molar-refractivity contribution in [3.63, 3.8) is 0 Å². The van der Waals surface area contributed by atoms with Gasteiger partial charge in [0.2, 0.25) is 0 Å². The lowest BCUT2D eigenvalue weighted by Crippen LogP contribution is -2.41. The molecule has 6 atom stereocenters. The SMILES string of the molecule is CCC(CC)(C[C@H]1O[C@@H](n2cc(CO[Si](C)(C)C(C)(C)C)c(N)nc2=O)[C@H](O)[C@@H]1O)OP(=O)(O)C(C)(O)CC. The van der Waals surface area contributed by atoms with Gasteiger partial charge in [-0.3, -0.25) is 13.7 Å². The molecule has 2 rings (SSSR count). The zero-order valence-electron chi connectivity index (χ0n) is 24.7. The minimum absolute atomic E-state index is 0.00519. The van der Waals surface area contributed by atoms with Gasteiger partial charge in [0.25, 0.3) is 0 Å². The fourth-order valence-electron chi connectivity index (χ4n) is 4.05. The van der Waals surface area contributed by atoms with Gasteiger partial charge in [0.1, 0.15) is 18.0 Å². The summed E-state index contributed by atoms with van der Waals surface area (Å²) in [5.41, 5.74) is 4.43. The fourth-order valence-corrected chi connectivity index (χ4v) is 6.45. The van der Waals surface area contributed by atoms with Gasteiger partial charge in [-0.1, -0.05) is 41.5 Å².